The van der Waals surface area contributed by atoms with Crippen LogP contribution in [0.2, 0.25) is 0 Å². The van der Waals surface area contributed by atoms with E-state index in [0.717, 1.165) is 30.7 Å². The first-order valence-corrected chi connectivity index (χ1v) is 5.56. The molecular formula is C11H15N5. The number of rotatable bonds is 3. The second kappa shape index (κ2) is 3.84. The second-order valence-electron chi connectivity index (χ2n) is 4.19. The first-order valence-electron chi connectivity index (χ1n) is 5.56. The van der Waals surface area contributed by atoms with Gasteiger partial charge in [-0.05, 0) is 18.7 Å². The van der Waals surface area contributed by atoms with Crippen LogP contribution in [-0.4, -0.2) is 34.9 Å². The third-order valence-corrected chi connectivity index (χ3v) is 2.98. The van der Waals surface area contributed by atoms with E-state index in [2.05, 4.69) is 26.8 Å². The molecular weight excluding hydrogens is 202 g/mol. The maximum absolute atomic E-state index is 4.50. The summed E-state index contributed by atoms with van der Waals surface area (Å²) in [6.07, 6.45) is 3.82. The summed E-state index contributed by atoms with van der Waals surface area (Å²) in [6, 6.07) is 2.62. The quantitative estimate of drug-likeness (QED) is 0.776. The van der Waals surface area contributed by atoms with Crippen LogP contribution in [0.15, 0.2) is 18.5 Å². The van der Waals surface area contributed by atoms with Crippen LogP contribution in [0.5, 0.6) is 0 Å². The molecule has 84 valence electrons. The highest BCUT2D eigenvalue weighted by molar-refractivity contribution is 5.75. The number of hydrogen-bond acceptors (Lipinski definition) is 4. The van der Waals surface area contributed by atoms with E-state index in [0.29, 0.717) is 6.04 Å². The highest BCUT2D eigenvalue weighted by Gasteiger charge is 2.21. The molecule has 1 saturated heterocycles. The summed E-state index contributed by atoms with van der Waals surface area (Å²) in [6.45, 7) is 2.84. The van der Waals surface area contributed by atoms with Crippen LogP contribution < -0.4 is 10.6 Å². The van der Waals surface area contributed by atoms with Crippen molar-refractivity contribution >= 4 is 11.0 Å². The molecule has 1 aliphatic heterocycles. The third-order valence-electron chi connectivity index (χ3n) is 2.98. The van der Waals surface area contributed by atoms with Crippen LogP contribution in [-0.2, 0) is 6.54 Å². The van der Waals surface area contributed by atoms with Gasteiger partial charge in [-0.3, -0.25) is 0 Å². The van der Waals surface area contributed by atoms with Crippen LogP contribution >= 0.6 is 0 Å². The van der Waals surface area contributed by atoms with Gasteiger partial charge in [-0.1, -0.05) is 0 Å². The Balaban J connectivity index is 2.00. The van der Waals surface area contributed by atoms with Gasteiger partial charge < -0.3 is 10.6 Å². The normalized spacial score (nSPS) is 16.6. The Kier molecular flexibility index (Phi) is 2.34. The molecule has 3 heterocycles. The molecule has 1 aliphatic rings. The molecule has 2 aromatic heterocycles. The maximum Gasteiger partial charge on any atom is 0.158 e. The average molecular weight is 217 g/mol. The van der Waals surface area contributed by atoms with Crippen molar-refractivity contribution in [3.8, 4) is 0 Å². The number of nitrogens with one attached hydrogen (secondary N) is 2. The van der Waals surface area contributed by atoms with Crippen molar-refractivity contribution in [2.45, 2.75) is 12.6 Å². The minimum absolute atomic E-state index is 0.472. The first kappa shape index (κ1) is 9.74. The Bertz CT molecular complexity index is 500. The lowest BCUT2D eigenvalue weighted by atomic mass is 10.2. The Morgan fingerprint density at radius 3 is 3.06 bits per heavy atom. The highest BCUT2D eigenvalue weighted by atomic mass is 15.3. The SMILES string of the molecule is CNCc1cnc2c(cnn2C2CNC2)c1. The molecule has 0 aliphatic carbocycles. The second-order valence-corrected chi connectivity index (χ2v) is 4.19. The van der Waals surface area contributed by atoms with Crippen molar-refractivity contribution in [2.75, 3.05) is 20.1 Å². The van der Waals surface area contributed by atoms with E-state index in [1.165, 1.54) is 5.56 Å². The van der Waals surface area contributed by atoms with Crippen molar-refractivity contribution in [1.29, 1.82) is 0 Å². The van der Waals surface area contributed by atoms with Crippen LogP contribution in [0, 0.1) is 0 Å². The van der Waals surface area contributed by atoms with Gasteiger partial charge >= 0.3 is 0 Å². The lowest BCUT2D eigenvalue weighted by molar-refractivity contribution is 0.325. The molecule has 0 atom stereocenters. The Labute approximate surface area is 93.9 Å². The van der Waals surface area contributed by atoms with Crippen LogP contribution in [0.4, 0.5) is 0 Å². The zero-order valence-electron chi connectivity index (χ0n) is 9.27. The number of aromatic nitrogens is 3. The average Bonchev–Trinajstić information content (AvgIpc) is 2.60. The van der Waals surface area contributed by atoms with E-state index in [1.807, 2.05) is 24.1 Å². The molecule has 2 aromatic rings. The van der Waals surface area contributed by atoms with E-state index in [1.54, 1.807) is 0 Å². The van der Waals surface area contributed by atoms with Crippen molar-refractivity contribution in [2.24, 2.45) is 0 Å². The molecule has 16 heavy (non-hydrogen) atoms. The van der Waals surface area contributed by atoms with E-state index in [-0.39, 0.29) is 0 Å². The largest absolute Gasteiger partial charge is 0.316 e. The van der Waals surface area contributed by atoms with E-state index < -0.39 is 0 Å². The molecule has 5 heteroatoms. The minimum Gasteiger partial charge on any atom is -0.316 e. The number of hydrogen-bond donors (Lipinski definition) is 2. The number of fused-ring (bicyclic) bond motifs is 1. The predicted octanol–water partition coefficient (Wildman–Crippen LogP) is 0.295. The summed E-state index contributed by atoms with van der Waals surface area (Å²) in [7, 11) is 1.94. The van der Waals surface area contributed by atoms with Gasteiger partial charge in [0, 0.05) is 31.2 Å². The number of pyridine rings is 1. The van der Waals surface area contributed by atoms with Gasteiger partial charge in [0.25, 0.3) is 0 Å². The topological polar surface area (TPSA) is 54.8 Å². The van der Waals surface area contributed by atoms with E-state index in [4.69, 9.17) is 0 Å². The lowest BCUT2D eigenvalue weighted by Crippen LogP contribution is -2.43. The van der Waals surface area contributed by atoms with Crippen LogP contribution in [0.1, 0.15) is 11.6 Å². The molecule has 0 aromatic carbocycles. The predicted molar refractivity (Wildman–Crippen MR) is 62.2 cm³/mol. The number of nitrogens with zero attached hydrogens (tertiary/aromatic N) is 3. The van der Waals surface area contributed by atoms with Gasteiger partial charge in [0.15, 0.2) is 5.65 Å². The van der Waals surface area contributed by atoms with Gasteiger partial charge in [-0.25, -0.2) is 9.67 Å². The first-order chi connectivity index (χ1) is 7.88. The van der Waals surface area contributed by atoms with Crippen molar-refractivity contribution in [3.05, 3.63) is 24.0 Å². The molecule has 0 radical (unpaired) electrons. The molecule has 0 amide bonds. The molecule has 0 spiro atoms. The standard InChI is InChI=1S/C11H15N5/c1-12-3-8-2-9-5-15-16(10-6-13-7-10)11(9)14-4-8/h2,4-5,10,12-13H,3,6-7H2,1H3. The summed E-state index contributed by atoms with van der Waals surface area (Å²) >= 11 is 0. The molecule has 1 fully saturated rings. The fourth-order valence-electron chi connectivity index (χ4n) is 2.00. The van der Waals surface area contributed by atoms with Crippen molar-refractivity contribution < 1.29 is 0 Å². The molecule has 0 bridgehead atoms. The van der Waals surface area contributed by atoms with Gasteiger partial charge in [-0.2, -0.15) is 5.10 Å². The summed E-state index contributed by atoms with van der Waals surface area (Å²) in [5.41, 5.74) is 2.19. The summed E-state index contributed by atoms with van der Waals surface area (Å²) in [5, 5.41) is 11.9. The Morgan fingerprint density at radius 2 is 2.38 bits per heavy atom. The molecule has 0 unspecified atom stereocenters. The van der Waals surface area contributed by atoms with Gasteiger partial charge in [0.05, 0.1) is 12.2 Å². The monoisotopic (exact) mass is 217 g/mol. The zero-order valence-corrected chi connectivity index (χ0v) is 9.27. The van der Waals surface area contributed by atoms with Crippen molar-refractivity contribution in [1.82, 2.24) is 25.4 Å². The Morgan fingerprint density at radius 1 is 1.50 bits per heavy atom. The van der Waals surface area contributed by atoms with Crippen LogP contribution in [0.25, 0.3) is 11.0 Å². The lowest BCUT2D eigenvalue weighted by Gasteiger charge is -2.27. The third kappa shape index (κ3) is 1.48. The van der Waals surface area contributed by atoms with Crippen molar-refractivity contribution in [3.63, 3.8) is 0 Å². The Hall–Kier alpha value is -1.46. The van der Waals surface area contributed by atoms with Gasteiger partial charge in [-0.15, -0.1) is 0 Å². The molecule has 5 nitrogen and oxygen atoms in total. The minimum atomic E-state index is 0.472. The van der Waals surface area contributed by atoms with Crippen LogP contribution in [0.3, 0.4) is 0 Å². The summed E-state index contributed by atoms with van der Waals surface area (Å²) in [4.78, 5) is 4.50. The fraction of sp³-hybridized carbons (Fsp3) is 0.455. The smallest absolute Gasteiger partial charge is 0.158 e. The van der Waals surface area contributed by atoms with Gasteiger partial charge in [0.1, 0.15) is 0 Å². The zero-order chi connectivity index (χ0) is 11.0. The van der Waals surface area contributed by atoms with Gasteiger partial charge in [0.2, 0.25) is 0 Å². The maximum atomic E-state index is 4.50. The fourth-order valence-corrected chi connectivity index (χ4v) is 2.00. The summed E-state index contributed by atoms with van der Waals surface area (Å²) in [5.74, 6) is 0. The van der Waals surface area contributed by atoms with E-state index in [9.17, 15) is 0 Å². The molecule has 2 N–H and O–H groups in total. The highest BCUT2D eigenvalue weighted by Crippen LogP contribution is 2.19. The molecule has 0 saturated carbocycles. The summed E-state index contributed by atoms with van der Waals surface area (Å²) < 4.78 is 2.02. The molecule has 3 rings (SSSR count). The van der Waals surface area contributed by atoms with E-state index >= 15 is 0 Å².